The molecule has 150 valence electrons. The van der Waals surface area contributed by atoms with Crippen LogP contribution in [0, 0.1) is 0 Å². The Morgan fingerprint density at radius 2 is 1.68 bits per heavy atom. The topological polar surface area (TPSA) is 61.9 Å². The van der Waals surface area contributed by atoms with Gasteiger partial charge in [0.2, 0.25) is 11.8 Å². The molecule has 0 atom stereocenters. The van der Waals surface area contributed by atoms with Crippen LogP contribution in [0.2, 0.25) is 5.02 Å². The van der Waals surface area contributed by atoms with Crippen molar-refractivity contribution in [3.8, 4) is 5.75 Å². The third-order valence-electron chi connectivity index (χ3n) is 4.31. The summed E-state index contributed by atoms with van der Waals surface area (Å²) in [7, 11) is 3.34. The third kappa shape index (κ3) is 6.87. The molecule has 0 bridgehead atoms. The van der Waals surface area contributed by atoms with Gasteiger partial charge in [-0.25, -0.2) is 0 Å². The van der Waals surface area contributed by atoms with Crippen LogP contribution in [0.25, 0.3) is 0 Å². The van der Waals surface area contributed by atoms with E-state index >= 15 is 0 Å². The van der Waals surface area contributed by atoms with Crippen LogP contribution in [0.15, 0.2) is 48.5 Å². The molecule has 0 unspecified atom stereocenters. The van der Waals surface area contributed by atoms with Gasteiger partial charge in [-0.15, -0.1) is 0 Å². The minimum Gasteiger partial charge on any atom is -0.497 e. The molecule has 0 fully saturated rings. The molecule has 0 radical (unpaired) electrons. The molecule has 28 heavy (non-hydrogen) atoms. The number of methoxy groups -OCH3 is 1. The summed E-state index contributed by atoms with van der Waals surface area (Å²) in [5.41, 5.74) is 1.69. The second-order valence-corrected chi connectivity index (χ2v) is 6.89. The predicted molar refractivity (Wildman–Crippen MR) is 112 cm³/mol. The number of amides is 2. The van der Waals surface area contributed by atoms with Crippen LogP contribution in [0.4, 0.5) is 5.69 Å². The lowest BCUT2D eigenvalue weighted by atomic mass is 10.2. The number of benzene rings is 2. The average Bonchev–Trinajstić information content (AvgIpc) is 2.69. The van der Waals surface area contributed by atoms with E-state index in [1.807, 2.05) is 19.1 Å². The van der Waals surface area contributed by atoms with Crippen molar-refractivity contribution in [2.75, 3.05) is 39.1 Å². The van der Waals surface area contributed by atoms with Crippen LogP contribution in [-0.4, -0.2) is 55.4 Å². The number of halogens is 1. The molecule has 1 N–H and O–H groups in total. The van der Waals surface area contributed by atoms with Crippen molar-refractivity contribution >= 4 is 29.1 Å². The van der Waals surface area contributed by atoms with Crippen LogP contribution < -0.4 is 10.1 Å². The molecule has 0 saturated carbocycles. The fraction of sp³-hybridized carbons (Fsp3) is 0.333. The normalized spacial score (nSPS) is 10.6. The fourth-order valence-electron chi connectivity index (χ4n) is 2.62. The SMILES string of the molecule is CCN(CC(=O)Nc1ccc(OC)cc1)CC(=O)N(C)Cc1ccc(Cl)cc1. The minimum absolute atomic E-state index is 0.0472. The Labute approximate surface area is 171 Å². The summed E-state index contributed by atoms with van der Waals surface area (Å²) >= 11 is 5.89. The van der Waals surface area contributed by atoms with Gasteiger partial charge in [-0.3, -0.25) is 14.5 Å². The monoisotopic (exact) mass is 403 g/mol. The van der Waals surface area contributed by atoms with Gasteiger partial charge in [-0.05, 0) is 48.5 Å². The van der Waals surface area contributed by atoms with Crippen molar-refractivity contribution in [2.45, 2.75) is 13.5 Å². The molecule has 2 amide bonds. The highest BCUT2D eigenvalue weighted by atomic mass is 35.5. The van der Waals surface area contributed by atoms with Gasteiger partial charge in [0, 0.05) is 24.3 Å². The number of carbonyl (C=O) groups is 2. The lowest BCUT2D eigenvalue weighted by Gasteiger charge is -2.23. The van der Waals surface area contributed by atoms with E-state index in [1.54, 1.807) is 60.4 Å². The first kappa shape index (κ1) is 21.7. The number of anilines is 1. The highest BCUT2D eigenvalue weighted by molar-refractivity contribution is 6.30. The van der Waals surface area contributed by atoms with Crippen molar-refractivity contribution < 1.29 is 14.3 Å². The predicted octanol–water partition coefficient (Wildman–Crippen LogP) is 3.27. The number of hydrogen-bond donors (Lipinski definition) is 1. The Hall–Kier alpha value is -2.57. The van der Waals surface area contributed by atoms with E-state index in [4.69, 9.17) is 16.3 Å². The van der Waals surface area contributed by atoms with Crippen LogP contribution in [0.3, 0.4) is 0 Å². The van der Waals surface area contributed by atoms with E-state index in [2.05, 4.69) is 5.32 Å². The maximum absolute atomic E-state index is 12.5. The van der Waals surface area contributed by atoms with Gasteiger partial charge >= 0.3 is 0 Å². The standard InChI is InChI=1S/C21H26ClN3O3/c1-4-25(14-20(26)23-18-9-11-19(28-3)12-10-18)15-21(27)24(2)13-16-5-7-17(22)8-6-16/h5-12H,4,13-15H2,1-3H3,(H,23,26). The van der Waals surface area contributed by atoms with Crippen molar-refractivity contribution in [1.82, 2.24) is 9.80 Å². The summed E-state index contributed by atoms with van der Waals surface area (Å²) in [4.78, 5) is 28.2. The van der Waals surface area contributed by atoms with Crippen molar-refractivity contribution in [2.24, 2.45) is 0 Å². The Morgan fingerprint density at radius 3 is 2.25 bits per heavy atom. The first-order valence-corrected chi connectivity index (χ1v) is 9.43. The Balaban J connectivity index is 1.84. The number of hydrogen-bond acceptors (Lipinski definition) is 4. The fourth-order valence-corrected chi connectivity index (χ4v) is 2.75. The van der Waals surface area contributed by atoms with Gasteiger partial charge in [-0.2, -0.15) is 0 Å². The van der Waals surface area contributed by atoms with Crippen molar-refractivity contribution in [1.29, 1.82) is 0 Å². The Kier molecular flexibility index (Phi) is 8.29. The molecular formula is C21H26ClN3O3. The highest BCUT2D eigenvalue weighted by Gasteiger charge is 2.16. The zero-order valence-electron chi connectivity index (χ0n) is 16.4. The molecule has 0 aliphatic rings. The van der Waals surface area contributed by atoms with Crippen molar-refractivity contribution in [3.05, 3.63) is 59.1 Å². The summed E-state index contributed by atoms with van der Waals surface area (Å²) < 4.78 is 5.10. The van der Waals surface area contributed by atoms with Crippen LogP contribution in [0.1, 0.15) is 12.5 Å². The molecular weight excluding hydrogens is 378 g/mol. The Morgan fingerprint density at radius 1 is 1.04 bits per heavy atom. The van der Waals surface area contributed by atoms with E-state index in [0.717, 1.165) is 11.3 Å². The smallest absolute Gasteiger partial charge is 0.238 e. The summed E-state index contributed by atoms with van der Waals surface area (Å²) in [6.45, 7) is 3.33. The number of likely N-dealkylation sites (N-methyl/N-ethyl adjacent to an activating group) is 2. The van der Waals surface area contributed by atoms with Crippen LogP contribution >= 0.6 is 11.6 Å². The number of rotatable bonds is 9. The maximum Gasteiger partial charge on any atom is 0.238 e. The number of nitrogens with one attached hydrogen (secondary N) is 1. The average molecular weight is 404 g/mol. The molecule has 0 aromatic heterocycles. The minimum atomic E-state index is -0.167. The molecule has 2 aromatic rings. The number of nitrogens with zero attached hydrogens (tertiary/aromatic N) is 2. The molecule has 0 saturated heterocycles. The number of ether oxygens (including phenoxy) is 1. The van der Waals surface area contributed by atoms with Crippen LogP contribution in [-0.2, 0) is 16.1 Å². The summed E-state index contributed by atoms with van der Waals surface area (Å²) in [6.07, 6.45) is 0. The van der Waals surface area contributed by atoms with Gasteiger partial charge in [-0.1, -0.05) is 30.7 Å². The molecule has 0 heterocycles. The highest BCUT2D eigenvalue weighted by Crippen LogP contribution is 2.15. The van der Waals surface area contributed by atoms with Crippen molar-refractivity contribution in [3.63, 3.8) is 0 Å². The quantitative estimate of drug-likeness (QED) is 0.698. The summed E-state index contributed by atoms with van der Waals surface area (Å²) in [5.74, 6) is 0.511. The molecule has 2 rings (SSSR count). The van der Waals surface area contributed by atoms with E-state index in [9.17, 15) is 9.59 Å². The Bertz CT molecular complexity index is 778. The lowest BCUT2D eigenvalue weighted by Crippen LogP contribution is -2.41. The van der Waals surface area contributed by atoms with Gasteiger partial charge in [0.05, 0.1) is 20.2 Å². The molecule has 0 spiro atoms. The lowest BCUT2D eigenvalue weighted by molar-refractivity contribution is -0.132. The third-order valence-corrected chi connectivity index (χ3v) is 4.56. The second-order valence-electron chi connectivity index (χ2n) is 6.46. The zero-order chi connectivity index (χ0) is 20.5. The van der Waals surface area contributed by atoms with Gasteiger partial charge in [0.1, 0.15) is 5.75 Å². The van der Waals surface area contributed by atoms with E-state index in [-0.39, 0.29) is 24.9 Å². The summed E-state index contributed by atoms with van der Waals surface area (Å²) in [5, 5.41) is 3.50. The van der Waals surface area contributed by atoms with Gasteiger partial charge < -0.3 is 15.0 Å². The first-order chi connectivity index (χ1) is 13.4. The summed E-state index contributed by atoms with van der Waals surface area (Å²) in [6, 6.07) is 14.5. The van der Waals surface area contributed by atoms with Gasteiger partial charge in [0.15, 0.2) is 0 Å². The van der Waals surface area contributed by atoms with E-state index < -0.39 is 0 Å². The second kappa shape index (κ2) is 10.7. The van der Waals surface area contributed by atoms with Gasteiger partial charge in [0.25, 0.3) is 0 Å². The molecule has 0 aliphatic carbocycles. The van der Waals surface area contributed by atoms with Crippen LogP contribution in [0.5, 0.6) is 5.75 Å². The zero-order valence-corrected chi connectivity index (χ0v) is 17.2. The molecule has 7 heteroatoms. The molecule has 2 aromatic carbocycles. The number of carbonyl (C=O) groups excluding carboxylic acids is 2. The van der Waals surface area contributed by atoms with E-state index in [1.165, 1.54) is 0 Å². The molecule has 6 nitrogen and oxygen atoms in total. The first-order valence-electron chi connectivity index (χ1n) is 9.06. The maximum atomic E-state index is 12.5. The van der Waals surface area contributed by atoms with E-state index in [0.29, 0.717) is 23.8 Å². The molecule has 0 aliphatic heterocycles. The largest absolute Gasteiger partial charge is 0.497 e.